The predicted octanol–water partition coefficient (Wildman–Crippen LogP) is 2.87. The molecule has 2 aromatic carbocycles. The van der Waals surface area contributed by atoms with Crippen LogP contribution in [-0.2, 0) is 13.6 Å². The van der Waals surface area contributed by atoms with Crippen LogP contribution < -0.4 is 16.0 Å². The zero-order valence-electron chi connectivity index (χ0n) is 15.4. The maximum Gasteiger partial charge on any atom is 0.258 e. The number of primary amides is 1. The molecule has 0 fully saturated rings. The molecule has 0 saturated heterocycles. The molecule has 142 valence electrons. The lowest BCUT2D eigenvalue weighted by atomic mass is 10.1. The number of anilines is 3. The molecule has 1 aliphatic heterocycles. The first-order valence-corrected chi connectivity index (χ1v) is 8.65. The molecule has 8 heteroatoms. The van der Waals surface area contributed by atoms with Gasteiger partial charge in [-0.05, 0) is 36.8 Å². The fourth-order valence-corrected chi connectivity index (χ4v) is 3.36. The van der Waals surface area contributed by atoms with Crippen molar-refractivity contribution in [1.29, 1.82) is 0 Å². The molecule has 2 amide bonds. The second-order valence-corrected chi connectivity index (χ2v) is 6.69. The number of amides is 2. The molecule has 1 aromatic heterocycles. The third-order valence-electron chi connectivity index (χ3n) is 4.85. The van der Waals surface area contributed by atoms with Gasteiger partial charge in [0.05, 0.1) is 29.7 Å². The van der Waals surface area contributed by atoms with Crippen molar-refractivity contribution in [3.8, 4) is 0 Å². The lowest BCUT2D eigenvalue weighted by Crippen LogP contribution is -2.30. The van der Waals surface area contributed by atoms with E-state index in [0.29, 0.717) is 5.69 Å². The summed E-state index contributed by atoms with van der Waals surface area (Å²) in [6.45, 7) is 2.21. The first kappa shape index (κ1) is 17.7. The lowest BCUT2D eigenvalue weighted by Gasteiger charge is -2.23. The van der Waals surface area contributed by atoms with E-state index in [9.17, 15) is 14.0 Å². The summed E-state index contributed by atoms with van der Waals surface area (Å²) in [5.74, 6) is -1.30. The van der Waals surface area contributed by atoms with E-state index in [1.54, 1.807) is 15.8 Å². The molecule has 0 radical (unpaired) electrons. The van der Waals surface area contributed by atoms with E-state index in [1.165, 1.54) is 12.1 Å². The molecule has 1 aliphatic rings. The highest BCUT2D eigenvalue weighted by Gasteiger charge is 2.28. The summed E-state index contributed by atoms with van der Waals surface area (Å²) in [7, 11) is 1.82. The minimum Gasteiger partial charge on any atom is -0.366 e. The number of nitrogens with zero attached hydrogens (tertiary/aromatic N) is 3. The van der Waals surface area contributed by atoms with E-state index in [0.717, 1.165) is 28.7 Å². The van der Waals surface area contributed by atoms with Crippen LogP contribution in [0.4, 0.5) is 21.6 Å². The fourth-order valence-electron chi connectivity index (χ4n) is 3.36. The highest BCUT2D eigenvalue weighted by Crippen LogP contribution is 2.38. The molecular formula is C20H18FN5O2. The van der Waals surface area contributed by atoms with Crippen LogP contribution >= 0.6 is 0 Å². The minimum absolute atomic E-state index is 0.127. The number of rotatable bonds is 2. The third-order valence-corrected chi connectivity index (χ3v) is 4.85. The van der Waals surface area contributed by atoms with Crippen LogP contribution in [0.5, 0.6) is 0 Å². The number of nitrogens with two attached hydrogens (primary N) is 1. The van der Waals surface area contributed by atoms with Gasteiger partial charge in [0.15, 0.2) is 0 Å². The number of para-hydroxylation sites is 1. The van der Waals surface area contributed by atoms with Crippen LogP contribution in [-0.4, -0.2) is 21.6 Å². The number of nitrogens with one attached hydrogen (secondary N) is 1. The van der Waals surface area contributed by atoms with E-state index in [1.807, 2.05) is 32.2 Å². The second kappa shape index (κ2) is 6.49. The Balaban J connectivity index is 1.82. The van der Waals surface area contributed by atoms with Gasteiger partial charge in [-0.2, -0.15) is 5.10 Å². The summed E-state index contributed by atoms with van der Waals surface area (Å²) in [4.78, 5) is 26.1. The van der Waals surface area contributed by atoms with Gasteiger partial charge < -0.3 is 16.0 Å². The van der Waals surface area contributed by atoms with Crippen molar-refractivity contribution in [2.45, 2.75) is 13.5 Å². The van der Waals surface area contributed by atoms with Crippen molar-refractivity contribution < 1.29 is 14.0 Å². The SMILES string of the molecule is Cc1cccc2c1Nc1c(cnn1C)CN2C(=O)c1ccc(C(N)=O)c(F)c1. The summed E-state index contributed by atoms with van der Waals surface area (Å²) in [5, 5.41) is 7.62. The summed E-state index contributed by atoms with van der Waals surface area (Å²) in [6, 6.07) is 9.32. The fraction of sp³-hybridized carbons (Fsp3) is 0.150. The molecular weight excluding hydrogens is 361 g/mol. The molecule has 3 N–H and O–H groups in total. The average molecular weight is 379 g/mol. The Kier molecular flexibility index (Phi) is 4.11. The minimum atomic E-state index is -0.878. The van der Waals surface area contributed by atoms with E-state index in [2.05, 4.69) is 10.4 Å². The van der Waals surface area contributed by atoms with Crippen molar-refractivity contribution in [3.05, 3.63) is 70.7 Å². The number of benzene rings is 2. The van der Waals surface area contributed by atoms with Gasteiger partial charge in [0, 0.05) is 18.2 Å². The largest absolute Gasteiger partial charge is 0.366 e. The van der Waals surface area contributed by atoms with Crippen LogP contribution in [0.1, 0.15) is 31.8 Å². The molecule has 4 rings (SSSR count). The monoisotopic (exact) mass is 379 g/mol. The van der Waals surface area contributed by atoms with E-state index < -0.39 is 11.7 Å². The standard InChI is InChI=1S/C20H18FN5O2/c1-11-4-3-5-16-17(11)24-19-13(9-23-25(19)2)10-26(16)20(28)12-6-7-14(18(22)27)15(21)8-12/h3-9,24H,10H2,1-2H3,(H2,22,27). The number of hydrogen-bond acceptors (Lipinski definition) is 4. The van der Waals surface area contributed by atoms with Crippen molar-refractivity contribution in [1.82, 2.24) is 9.78 Å². The highest BCUT2D eigenvalue weighted by atomic mass is 19.1. The van der Waals surface area contributed by atoms with Gasteiger partial charge >= 0.3 is 0 Å². The van der Waals surface area contributed by atoms with Crippen LogP contribution in [0.15, 0.2) is 42.6 Å². The summed E-state index contributed by atoms with van der Waals surface area (Å²) >= 11 is 0. The second-order valence-electron chi connectivity index (χ2n) is 6.69. The Morgan fingerprint density at radius 2 is 2.04 bits per heavy atom. The van der Waals surface area contributed by atoms with Gasteiger partial charge in [0.1, 0.15) is 11.6 Å². The van der Waals surface area contributed by atoms with Crippen molar-refractivity contribution in [3.63, 3.8) is 0 Å². The first-order chi connectivity index (χ1) is 13.4. The number of aromatic nitrogens is 2. The van der Waals surface area contributed by atoms with E-state index in [-0.39, 0.29) is 23.6 Å². The molecule has 2 heterocycles. The molecule has 28 heavy (non-hydrogen) atoms. The predicted molar refractivity (Wildman–Crippen MR) is 103 cm³/mol. The number of halogens is 1. The van der Waals surface area contributed by atoms with Crippen LogP contribution in [0.3, 0.4) is 0 Å². The first-order valence-electron chi connectivity index (χ1n) is 8.65. The van der Waals surface area contributed by atoms with Crippen molar-refractivity contribution in [2.75, 3.05) is 10.2 Å². The molecule has 0 unspecified atom stereocenters. The smallest absolute Gasteiger partial charge is 0.258 e. The number of fused-ring (bicyclic) bond motifs is 2. The van der Waals surface area contributed by atoms with Gasteiger partial charge in [-0.15, -0.1) is 0 Å². The molecule has 0 spiro atoms. The zero-order chi connectivity index (χ0) is 20.0. The Morgan fingerprint density at radius 1 is 1.25 bits per heavy atom. The highest BCUT2D eigenvalue weighted by molar-refractivity contribution is 6.09. The van der Waals surface area contributed by atoms with Gasteiger partial charge in [-0.25, -0.2) is 4.39 Å². The third kappa shape index (κ3) is 2.79. The molecule has 0 saturated carbocycles. The summed E-state index contributed by atoms with van der Waals surface area (Å²) in [6.07, 6.45) is 1.70. The molecule has 3 aromatic rings. The van der Waals surface area contributed by atoms with Crippen LogP contribution in [0.25, 0.3) is 0 Å². The quantitative estimate of drug-likeness (QED) is 0.716. The number of carbonyl (C=O) groups is 2. The topological polar surface area (TPSA) is 93.2 Å². The lowest BCUT2D eigenvalue weighted by molar-refractivity contribution is 0.0976. The normalized spacial score (nSPS) is 12.6. The van der Waals surface area contributed by atoms with Gasteiger partial charge in [0.2, 0.25) is 0 Å². The molecule has 0 aliphatic carbocycles. The average Bonchev–Trinajstić information content (AvgIpc) is 2.90. The summed E-state index contributed by atoms with van der Waals surface area (Å²) in [5.41, 5.74) is 8.28. The Hall–Kier alpha value is -3.68. The molecule has 0 bridgehead atoms. The molecule has 0 atom stereocenters. The van der Waals surface area contributed by atoms with Crippen LogP contribution in [0.2, 0.25) is 0 Å². The van der Waals surface area contributed by atoms with Crippen molar-refractivity contribution >= 4 is 29.0 Å². The van der Waals surface area contributed by atoms with E-state index >= 15 is 0 Å². The van der Waals surface area contributed by atoms with Gasteiger partial charge in [-0.3, -0.25) is 14.3 Å². The molecule has 7 nitrogen and oxygen atoms in total. The van der Waals surface area contributed by atoms with E-state index in [4.69, 9.17) is 5.73 Å². The Labute approximate surface area is 160 Å². The van der Waals surface area contributed by atoms with Crippen LogP contribution in [0, 0.1) is 12.7 Å². The maximum absolute atomic E-state index is 14.2. The maximum atomic E-state index is 14.2. The van der Waals surface area contributed by atoms with Gasteiger partial charge in [-0.1, -0.05) is 12.1 Å². The number of hydrogen-bond donors (Lipinski definition) is 2. The Bertz CT molecular complexity index is 1120. The Morgan fingerprint density at radius 3 is 2.75 bits per heavy atom. The zero-order valence-corrected chi connectivity index (χ0v) is 15.4. The number of aryl methyl sites for hydroxylation is 2. The number of carbonyl (C=O) groups excluding carboxylic acids is 2. The van der Waals surface area contributed by atoms with Crippen molar-refractivity contribution in [2.24, 2.45) is 12.8 Å². The summed E-state index contributed by atoms with van der Waals surface area (Å²) < 4.78 is 15.9. The van der Waals surface area contributed by atoms with Gasteiger partial charge in [0.25, 0.3) is 11.8 Å².